The van der Waals surface area contributed by atoms with Gasteiger partial charge in [0.2, 0.25) is 0 Å². The van der Waals surface area contributed by atoms with Crippen molar-refractivity contribution in [3.8, 4) is 0 Å². The van der Waals surface area contributed by atoms with Crippen LogP contribution in [-0.4, -0.2) is 41.6 Å². The minimum absolute atomic E-state index is 0.0128. The van der Waals surface area contributed by atoms with Gasteiger partial charge in [0.15, 0.2) is 0 Å². The first kappa shape index (κ1) is 13.0. The Morgan fingerprint density at radius 3 is 2.50 bits per heavy atom. The van der Waals surface area contributed by atoms with Gasteiger partial charge < -0.3 is 10.0 Å². The molecule has 0 saturated carbocycles. The van der Waals surface area contributed by atoms with Crippen LogP contribution in [0, 0.1) is 0 Å². The maximum atomic E-state index is 12.5. The molecule has 2 heterocycles. The van der Waals surface area contributed by atoms with E-state index in [0.717, 1.165) is 37.2 Å². The molecule has 1 unspecified atom stereocenters. The van der Waals surface area contributed by atoms with Crippen molar-refractivity contribution in [1.29, 1.82) is 0 Å². The van der Waals surface area contributed by atoms with Crippen LogP contribution in [-0.2, 0) is 4.79 Å². The number of fused-ring (bicyclic) bond motifs is 1. The number of anilines is 1. The summed E-state index contributed by atoms with van der Waals surface area (Å²) in [5, 5.41) is 9.31. The number of urea groups is 1. The molecule has 20 heavy (non-hydrogen) atoms. The molecule has 1 fully saturated rings. The first-order valence-corrected chi connectivity index (χ1v) is 7.06. The largest absolute Gasteiger partial charge is 0.481 e. The molecule has 1 aromatic rings. The van der Waals surface area contributed by atoms with Crippen LogP contribution in [0.2, 0.25) is 0 Å². The smallest absolute Gasteiger partial charge is 0.324 e. The molecule has 0 aromatic heterocycles. The monoisotopic (exact) mass is 274 g/mol. The number of rotatable bonds is 1. The molecule has 2 aliphatic heterocycles. The number of carbonyl (C=O) groups excluding carboxylic acids is 1. The molecular weight excluding hydrogens is 256 g/mol. The molecule has 0 radical (unpaired) electrons. The molecule has 5 nitrogen and oxygen atoms in total. The minimum atomic E-state index is -0.814. The number of amides is 2. The molecule has 2 amide bonds. The van der Waals surface area contributed by atoms with E-state index in [9.17, 15) is 14.7 Å². The second-order valence-electron chi connectivity index (χ2n) is 5.37. The predicted octanol–water partition coefficient (Wildman–Crippen LogP) is 2.28. The minimum Gasteiger partial charge on any atom is -0.481 e. The highest BCUT2D eigenvalue weighted by atomic mass is 16.4. The fourth-order valence-corrected chi connectivity index (χ4v) is 3.10. The maximum absolute atomic E-state index is 12.5. The van der Waals surface area contributed by atoms with Gasteiger partial charge in [-0.1, -0.05) is 18.2 Å². The zero-order valence-corrected chi connectivity index (χ0v) is 11.3. The van der Waals surface area contributed by atoms with Crippen LogP contribution >= 0.6 is 0 Å². The fourth-order valence-electron chi connectivity index (χ4n) is 3.10. The zero-order valence-electron chi connectivity index (χ0n) is 11.3. The third-order valence-corrected chi connectivity index (χ3v) is 4.15. The summed E-state index contributed by atoms with van der Waals surface area (Å²) in [5.74, 6) is -1.32. The SMILES string of the molecule is O=C(O)C1CCN(C(=O)N2CCCC2)c2ccccc21. The Hall–Kier alpha value is -2.04. The maximum Gasteiger partial charge on any atom is 0.324 e. The van der Waals surface area contributed by atoms with Gasteiger partial charge in [-0.2, -0.15) is 0 Å². The van der Waals surface area contributed by atoms with Crippen molar-refractivity contribution in [2.45, 2.75) is 25.2 Å². The van der Waals surface area contributed by atoms with Gasteiger partial charge in [-0.3, -0.25) is 9.69 Å². The molecular formula is C15H18N2O3. The van der Waals surface area contributed by atoms with Crippen molar-refractivity contribution < 1.29 is 14.7 Å². The summed E-state index contributed by atoms with van der Waals surface area (Å²) in [5.41, 5.74) is 1.50. The third kappa shape index (κ3) is 2.13. The number of carbonyl (C=O) groups is 2. The van der Waals surface area contributed by atoms with E-state index in [1.807, 2.05) is 29.2 Å². The topological polar surface area (TPSA) is 60.9 Å². The van der Waals surface area contributed by atoms with Crippen molar-refractivity contribution in [3.05, 3.63) is 29.8 Å². The van der Waals surface area contributed by atoms with Crippen LogP contribution in [0.1, 0.15) is 30.7 Å². The van der Waals surface area contributed by atoms with E-state index in [4.69, 9.17) is 0 Å². The highest BCUT2D eigenvalue weighted by molar-refractivity contribution is 5.95. The van der Waals surface area contributed by atoms with Crippen molar-refractivity contribution in [2.24, 2.45) is 0 Å². The number of hydrogen-bond acceptors (Lipinski definition) is 2. The van der Waals surface area contributed by atoms with Crippen molar-refractivity contribution in [2.75, 3.05) is 24.5 Å². The molecule has 2 aliphatic rings. The van der Waals surface area contributed by atoms with E-state index in [1.54, 1.807) is 4.90 Å². The van der Waals surface area contributed by atoms with E-state index in [-0.39, 0.29) is 6.03 Å². The number of likely N-dealkylation sites (tertiary alicyclic amines) is 1. The summed E-state index contributed by atoms with van der Waals surface area (Å²) in [6.45, 7) is 2.09. The lowest BCUT2D eigenvalue weighted by molar-refractivity contribution is -0.139. The quantitative estimate of drug-likeness (QED) is 0.854. The van der Waals surface area contributed by atoms with E-state index >= 15 is 0 Å². The average molecular weight is 274 g/mol. The van der Waals surface area contributed by atoms with Crippen LogP contribution < -0.4 is 4.90 Å². The number of benzene rings is 1. The summed E-state index contributed by atoms with van der Waals surface area (Å²) in [4.78, 5) is 27.5. The average Bonchev–Trinajstić information content (AvgIpc) is 2.99. The van der Waals surface area contributed by atoms with Gasteiger partial charge >= 0.3 is 12.0 Å². The molecule has 1 N–H and O–H groups in total. The third-order valence-electron chi connectivity index (χ3n) is 4.15. The van der Waals surface area contributed by atoms with E-state index in [1.165, 1.54) is 0 Å². The van der Waals surface area contributed by atoms with Crippen LogP contribution in [0.15, 0.2) is 24.3 Å². The number of nitrogens with zero attached hydrogens (tertiary/aromatic N) is 2. The van der Waals surface area contributed by atoms with Crippen LogP contribution in [0.4, 0.5) is 10.5 Å². The summed E-state index contributed by atoms with van der Waals surface area (Å²) in [6.07, 6.45) is 2.59. The molecule has 0 spiro atoms. The lowest BCUT2D eigenvalue weighted by atomic mass is 9.90. The summed E-state index contributed by atoms with van der Waals surface area (Å²) >= 11 is 0. The lowest BCUT2D eigenvalue weighted by Crippen LogP contribution is -2.45. The molecule has 1 atom stereocenters. The Kier molecular flexibility index (Phi) is 3.34. The number of carboxylic acid groups (broad SMARTS) is 1. The first-order chi connectivity index (χ1) is 9.68. The predicted molar refractivity (Wildman–Crippen MR) is 75.0 cm³/mol. The van der Waals surface area contributed by atoms with Crippen LogP contribution in [0.25, 0.3) is 0 Å². The Balaban J connectivity index is 1.92. The van der Waals surface area contributed by atoms with Gasteiger partial charge in [0.1, 0.15) is 0 Å². The summed E-state index contributed by atoms with van der Waals surface area (Å²) in [6, 6.07) is 7.36. The van der Waals surface area contributed by atoms with Gasteiger partial charge in [-0.15, -0.1) is 0 Å². The van der Waals surface area contributed by atoms with Gasteiger partial charge in [-0.05, 0) is 30.9 Å². The zero-order chi connectivity index (χ0) is 14.1. The van der Waals surface area contributed by atoms with Gasteiger partial charge in [0.25, 0.3) is 0 Å². The van der Waals surface area contributed by atoms with Crippen molar-refractivity contribution >= 4 is 17.7 Å². The van der Waals surface area contributed by atoms with E-state index in [2.05, 4.69) is 0 Å². The van der Waals surface area contributed by atoms with Crippen LogP contribution in [0.5, 0.6) is 0 Å². The Morgan fingerprint density at radius 1 is 1.10 bits per heavy atom. The molecule has 0 aliphatic carbocycles. The van der Waals surface area contributed by atoms with Gasteiger partial charge in [0.05, 0.1) is 5.92 Å². The highest BCUT2D eigenvalue weighted by Gasteiger charge is 2.34. The standard InChI is InChI=1S/C15H18N2O3/c18-14(19)12-7-10-17(13-6-2-1-5-11(12)13)15(20)16-8-3-4-9-16/h1-2,5-6,12H,3-4,7-10H2,(H,18,19). The van der Waals surface area contributed by atoms with Crippen molar-refractivity contribution in [3.63, 3.8) is 0 Å². The van der Waals surface area contributed by atoms with Gasteiger partial charge in [-0.25, -0.2) is 4.79 Å². The lowest BCUT2D eigenvalue weighted by Gasteiger charge is -2.35. The Labute approximate surface area is 117 Å². The number of aliphatic carboxylic acids is 1. The first-order valence-electron chi connectivity index (χ1n) is 7.06. The Morgan fingerprint density at radius 2 is 1.80 bits per heavy atom. The normalized spacial score (nSPS) is 21.7. The number of carboxylic acids is 1. The molecule has 0 bridgehead atoms. The van der Waals surface area contributed by atoms with E-state index in [0.29, 0.717) is 13.0 Å². The fraction of sp³-hybridized carbons (Fsp3) is 0.467. The summed E-state index contributed by atoms with van der Waals surface area (Å²) < 4.78 is 0. The molecule has 1 aromatic carbocycles. The number of hydrogen-bond donors (Lipinski definition) is 1. The molecule has 5 heteroatoms. The van der Waals surface area contributed by atoms with Gasteiger partial charge in [0, 0.05) is 25.3 Å². The second kappa shape index (κ2) is 5.15. The Bertz CT molecular complexity index is 538. The second-order valence-corrected chi connectivity index (χ2v) is 5.37. The highest BCUT2D eigenvalue weighted by Crippen LogP contribution is 2.36. The van der Waals surface area contributed by atoms with Crippen LogP contribution in [0.3, 0.4) is 0 Å². The number of para-hydroxylation sites is 1. The summed E-state index contributed by atoms with van der Waals surface area (Å²) in [7, 11) is 0. The van der Waals surface area contributed by atoms with Crippen molar-refractivity contribution in [1.82, 2.24) is 4.90 Å². The molecule has 1 saturated heterocycles. The van der Waals surface area contributed by atoms with E-state index < -0.39 is 11.9 Å². The molecule has 106 valence electrons. The molecule has 3 rings (SSSR count).